The highest BCUT2D eigenvalue weighted by molar-refractivity contribution is 6.01. The van der Waals surface area contributed by atoms with Crippen LogP contribution in [0.15, 0.2) is 12.2 Å². The van der Waals surface area contributed by atoms with Gasteiger partial charge in [0.25, 0.3) is 0 Å². The largest absolute Gasteiger partial charge is 0.395 e. The zero-order valence-corrected chi connectivity index (χ0v) is 50.5. The minimum absolute atomic E-state index is 0.0200. The lowest BCUT2D eigenvalue weighted by Gasteiger charge is -2.36. The van der Waals surface area contributed by atoms with Crippen LogP contribution >= 0.6 is 0 Å². The number of rotatable bonds is 35. The van der Waals surface area contributed by atoms with Gasteiger partial charge in [-0.1, -0.05) is 79.7 Å². The number of allylic oxidation sites excluding steroid dienone is 2. The second-order valence-electron chi connectivity index (χ2n) is 24.8. The second kappa shape index (κ2) is 31.6. The number of aliphatic hydroxyl groups is 1. The number of aliphatic hydroxyl groups excluding tert-OH is 1. The minimum atomic E-state index is -1.64. The number of hydrogen-bond acceptors (Lipinski definition) is 12. The van der Waals surface area contributed by atoms with Crippen LogP contribution in [0.2, 0.25) is 0 Å². The van der Waals surface area contributed by atoms with Crippen LogP contribution in [0.4, 0.5) is 0 Å². The molecule has 1 aliphatic heterocycles. The molecular formula is C57H104N10O10. The number of carbonyl (C=O) groups excluding carboxylic acids is 9. The van der Waals surface area contributed by atoms with Crippen molar-refractivity contribution >= 4 is 53.0 Å². The van der Waals surface area contributed by atoms with Crippen LogP contribution in [0.5, 0.6) is 0 Å². The first-order chi connectivity index (χ1) is 35.5. The van der Waals surface area contributed by atoms with Crippen LogP contribution in [0.25, 0.3) is 0 Å². The van der Waals surface area contributed by atoms with Gasteiger partial charge in [-0.25, -0.2) is 0 Å². The van der Waals surface area contributed by atoms with Crippen LogP contribution in [-0.4, -0.2) is 160 Å². The second-order valence-corrected chi connectivity index (χ2v) is 24.8. The molecule has 0 unspecified atom stereocenters. The van der Waals surface area contributed by atoms with E-state index in [1.54, 1.807) is 40.8 Å². The zero-order chi connectivity index (χ0) is 59.3. The molecule has 442 valence electrons. The summed E-state index contributed by atoms with van der Waals surface area (Å²) in [7, 11) is 1.81. The van der Waals surface area contributed by atoms with Gasteiger partial charge in [-0.15, -0.1) is 0 Å². The summed E-state index contributed by atoms with van der Waals surface area (Å²) < 4.78 is 0. The van der Waals surface area contributed by atoms with Crippen molar-refractivity contribution in [2.75, 3.05) is 39.8 Å². The molecule has 1 saturated heterocycles. The Bertz CT molecular complexity index is 2020. The smallest absolute Gasteiger partial charge is 0.246 e. The van der Waals surface area contributed by atoms with Gasteiger partial charge in [-0.3, -0.25) is 48.1 Å². The fraction of sp³-hybridized carbons (Fsp3) is 0.807. The van der Waals surface area contributed by atoms with E-state index in [0.717, 1.165) is 32.4 Å². The third-order valence-electron chi connectivity index (χ3n) is 14.1. The summed E-state index contributed by atoms with van der Waals surface area (Å²) in [6.45, 7) is 30.4. The van der Waals surface area contributed by atoms with Crippen LogP contribution in [0.1, 0.15) is 188 Å². The topological polar surface area (TPSA) is 277 Å². The Morgan fingerprint density at radius 3 is 1.64 bits per heavy atom. The fourth-order valence-corrected chi connectivity index (χ4v) is 8.90. The average Bonchev–Trinajstić information content (AvgIpc) is 3.77. The lowest BCUT2D eigenvalue weighted by Crippen LogP contribution is -2.68. The molecule has 20 nitrogen and oxygen atoms in total. The van der Waals surface area contributed by atoms with Gasteiger partial charge in [0.1, 0.15) is 39.8 Å². The fourth-order valence-electron chi connectivity index (χ4n) is 8.90. The first-order valence-electron chi connectivity index (χ1n) is 28.2. The van der Waals surface area contributed by atoms with Crippen molar-refractivity contribution in [1.82, 2.24) is 52.3 Å². The van der Waals surface area contributed by atoms with E-state index in [1.165, 1.54) is 101 Å². The van der Waals surface area contributed by atoms with E-state index < -0.39 is 93.1 Å². The summed E-state index contributed by atoms with van der Waals surface area (Å²) in [5, 5.41) is 31.4. The van der Waals surface area contributed by atoms with E-state index in [0.29, 0.717) is 38.3 Å². The third-order valence-corrected chi connectivity index (χ3v) is 14.1. The van der Waals surface area contributed by atoms with Crippen molar-refractivity contribution in [1.29, 1.82) is 0 Å². The molecule has 77 heavy (non-hydrogen) atoms. The molecular weight excluding hydrogens is 985 g/mol. The van der Waals surface area contributed by atoms with E-state index in [9.17, 15) is 48.3 Å². The predicted octanol–water partition coefficient (Wildman–Crippen LogP) is 3.93. The van der Waals surface area contributed by atoms with Crippen LogP contribution < -0.4 is 42.5 Å². The van der Waals surface area contributed by atoms with Gasteiger partial charge in [0.05, 0.1) is 12.6 Å². The Labute approximate surface area is 462 Å². The number of likely N-dealkylation sites (N-methyl/N-ethyl adjacent to an activating group) is 1. The summed E-state index contributed by atoms with van der Waals surface area (Å²) in [6, 6.07) is -2.93. The molecule has 0 aromatic heterocycles. The minimum Gasteiger partial charge on any atom is -0.395 e. The van der Waals surface area contributed by atoms with Gasteiger partial charge < -0.3 is 52.5 Å². The highest BCUT2D eigenvalue weighted by Crippen LogP contribution is 2.23. The molecule has 1 rings (SSSR count). The van der Waals surface area contributed by atoms with Gasteiger partial charge in [0.2, 0.25) is 47.3 Å². The number of amides is 8. The van der Waals surface area contributed by atoms with Gasteiger partial charge in [0.15, 0.2) is 5.78 Å². The molecule has 1 heterocycles. The molecule has 20 heteroatoms. The molecule has 0 aliphatic carbocycles. The molecule has 1 aliphatic rings. The summed E-state index contributed by atoms with van der Waals surface area (Å²) in [6.07, 6.45) is 12.9. The number of unbranched alkanes of at least 4 members (excludes halogenated alkanes) is 4. The number of hydrogen-bond donors (Lipinski definition) is 9. The van der Waals surface area contributed by atoms with Gasteiger partial charge >= 0.3 is 0 Å². The van der Waals surface area contributed by atoms with E-state index in [-0.39, 0.29) is 36.7 Å². The van der Waals surface area contributed by atoms with Gasteiger partial charge in [0, 0.05) is 32.1 Å². The molecule has 0 aromatic rings. The molecule has 0 bridgehead atoms. The van der Waals surface area contributed by atoms with Crippen molar-refractivity contribution in [2.45, 2.75) is 240 Å². The van der Waals surface area contributed by atoms with Crippen LogP contribution in [-0.2, 0) is 43.2 Å². The number of likely N-dealkylation sites (tertiary alicyclic amines) is 1. The van der Waals surface area contributed by atoms with Crippen molar-refractivity contribution in [3.63, 3.8) is 0 Å². The van der Waals surface area contributed by atoms with E-state index in [4.69, 9.17) is 0 Å². The summed E-state index contributed by atoms with van der Waals surface area (Å²) in [5.41, 5.74) is -7.81. The highest BCUT2D eigenvalue weighted by atomic mass is 16.3. The summed E-state index contributed by atoms with van der Waals surface area (Å²) in [5.74, 6) is -5.13. The normalized spacial score (nSPS) is 16.7. The molecule has 6 atom stereocenters. The Kier molecular flexibility index (Phi) is 28.7. The lowest BCUT2D eigenvalue weighted by molar-refractivity contribution is -0.141. The maximum atomic E-state index is 14.3. The van der Waals surface area contributed by atoms with Crippen LogP contribution in [0.3, 0.4) is 0 Å². The van der Waals surface area contributed by atoms with Crippen LogP contribution in [0, 0.1) is 17.8 Å². The molecule has 0 saturated carbocycles. The molecule has 9 N–H and O–H groups in total. The summed E-state index contributed by atoms with van der Waals surface area (Å²) in [4.78, 5) is 127. The third kappa shape index (κ3) is 24.3. The maximum absolute atomic E-state index is 14.3. The standard InChI is InChI=1S/C57H104N10O10/c1-19-21-22-23-24-27-39(6)35-67-31-26-30-43(67)46(71)59-42(34-38(5)28-25-29-41(69)20-2)45(70)61-55(12,13)50(75)63-54(10,11)49(74)60-44(37(3)4)47(72)62-56(14,15)51(76)65-57(16,17)52(77)64-53(8,9)48(73)58-40(7)36-66(18)32-33-68/h25,29,37-40,42-44,68H,19-24,26-28,30-36H2,1-18H3,(H,58,73)(H,59,71)(H,60,74)(H,61,70)(H,62,72)(H,63,75)(H,64,77)(H,65,76)/b29-25-/t38-,39+,40+,42+,43+,44+/m1/s1. The SMILES string of the molecule is CCCCCCC[C@H](C)CN1CCC[C@H]1C(=O)N[C@@H](C[C@H](C)C/C=C\C(=O)CC)C(=O)NC(C)(C)C(=O)NC(C)(C)C(=O)N[C@H](C(=O)NC(C)(C)C(=O)NC(C)(C)C(=O)NC(C)(C)C(=O)N[C@@H](C)CN(C)CCO)C(C)C. The van der Waals surface area contributed by atoms with Crippen molar-refractivity contribution < 1.29 is 48.3 Å². The summed E-state index contributed by atoms with van der Waals surface area (Å²) >= 11 is 0. The van der Waals surface area contributed by atoms with Crippen molar-refractivity contribution in [2.24, 2.45) is 17.8 Å². The first kappa shape index (κ1) is 70.1. The number of carbonyl (C=O) groups is 9. The van der Waals surface area contributed by atoms with Gasteiger partial charge in [-0.2, -0.15) is 0 Å². The van der Waals surface area contributed by atoms with E-state index >= 15 is 0 Å². The quantitative estimate of drug-likeness (QED) is 0.0323. The highest BCUT2D eigenvalue weighted by Gasteiger charge is 2.44. The first-order valence-corrected chi connectivity index (χ1v) is 28.2. The monoisotopic (exact) mass is 1090 g/mol. The molecule has 8 amide bonds. The van der Waals surface area contributed by atoms with E-state index in [2.05, 4.69) is 61.3 Å². The Hall–Kier alpha value is -4.95. The maximum Gasteiger partial charge on any atom is 0.246 e. The molecule has 0 aromatic carbocycles. The van der Waals surface area contributed by atoms with Gasteiger partial charge in [-0.05, 0) is 146 Å². The number of nitrogens with one attached hydrogen (secondary N) is 8. The molecule has 1 fully saturated rings. The predicted molar refractivity (Wildman–Crippen MR) is 302 cm³/mol. The Balaban J connectivity index is 3.15. The van der Waals surface area contributed by atoms with Crippen molar-refractivity contribution in [3.05, 3.63) is 12.2 Å². The zero-order valence-electron chi connectivity index (χ0n) is 50.5. The van der Waals surface area contributed by atoms with Crippen molar-refractivity contribution in [3.8, 4) is 0 Å². The Morgan fingerprint density at radius 1 is 0.636 bits per heavy atom. The molecule has 0 radical (unpaired) electrons. The number of nitrogens with zero attached hydrogens (tertiary/aromatic N) is 2. The molecule has 0 spiro atoms. The number of ketones is 1. The lowest BCUT2D eigenvalue weighted by atomic mass is 9.94. The average molecular weight is 1090 g/mol. The Morgan fingerprint density at radius 2 is 1.13 bits per heavy atom. The van der Waals surface area contributed by atoms with E-state index in [1.807, 2.05) is 11.8 Å².